The third-order valence-corrected chi connectivity index (χ3v) is 2.99. The second-order valence-corrected chi connectivity index (χ2v) is 4.38. The lowest BCUT2D eigenvalue weighted by molar-refractivity contribution is -0.0504. The smallest absolute Gasteiger partial charge is 0.387 e. The van der Waals surface area contributed by atoms with Gasteiger partial charge in [0.1, 0.15) is 5.75 Å². The van der Waals surface area contributed by atoms with Crippen LogP contribution in [0.3, 0.4) is 0 Å². The summed E-state index contributed by atoms with van der Waals surface area (Å²) in [6, 6.07) is 13.3. The number of carbonyl (C=O) groups is 1. The quantitative estimate of drug-likeness (QED) is 0.827. The molecule has 0 amide bonds. The summed E-state index contributed by atoms with van der Waals surface area (Å²) in [6.45, 7) is -2.65. The minimum Gasteiger partial charge on any atom is -0.465 e. The monoisotopic (exact) mass is 307 g/mol. The maximum absolute atomic E-state index is 12.4. The third kappa shape index (κ3) is 3.94. The SMILES string of the molecule is COC(=O)c1ccccc1NCc1ccccc1OC(F)F. The predicted octanol–water partition coefficient (Wildman–Crippen LogP) is 3.69. The van der Waals surface area contributed by atoms with Crippen molar-refractivity contribution in [1.82, 2.24) is 0 Å². The molecule has 0 fully saturated rings. The zero-order chi connectivity index (χ0) is 15.9. The summed E-state index contributed by atoms with van der Waals surface area (Å²) in [5.74, 6) is -0.374. The zero-order valence-electron chi connectivity index (χ0n) is 11.9. The van der Waals surface area contributed by atoms with Crippen LogP contribution in [0.1, 0.15) is 15.9 Å². The van der Waals surface area contributed by atoms with Crippen molar-refractivity contribution >= 4 is 11.7 Å². The zero-order valence-corrected chi connectivity index (χ0v) is 11.9. The third-order valence-electron chi connectivity index (χ3n) is 2.99. The Morgan fingerprint density at radius 3 is 2.55 bits per heavy atom. The number of esters is 1. The van der Waals surface area contributed by atoms with Gasteiger partial charge in [-0.2, -0.15) is 8.78 Å². The minimum atomic E-state index is -2.89. The first kappa shape index (κ1) is 15.8. The first-order valence-electron chi connectivity index (χ1n) is 6.55. The van der Waals surface area contributed by atoms with Crippen molar-refractivity contribution in [2.24, 2.45) is 0 Å². The molecular weight excluding hydrogens is 292 g/mol. The number of anilines is 1. The van der Waals surface area contributed by atoms with Gasteiger partial charge in [0.25, 0.3) is 0 Å². The van der Waals surface area contributed by atoms with Crippen LogP contribution < -0.4 is 10.1 Å². The Balaban J connectivity index is 2.16. The molecule has 0 aliphatic heterocycles. The number of methoxy groups -OCH3 is 1. The maximum Gasteiger partial charge on any atom is 0.387 e. The van der Waals surface area contributed by atoms with Gasteiger partial charge in [0.05, 0.1) is 12.7 Å². The van der Waals surface area contributed by atoms with Crippen molar-refractivity contribution in [1.29, 1.82) is 0 Å². The number of ether oxygens (including phenoxy) is 2. The van der Waals surface area contributed by atoms with Crippen LogP contribution in [0.4, 0.5) is 14.5 Å². The largest absolute Gasteiger partial charge is 0.465 e. The number of nitrogens with one attached hydrogen (secondary N) is 1. The molecule has 0 heterocycles. The summed E-state index contributed by atoms with van der Waals surface area (Å²) >= 11 is 0. The van der Waals surface area contributed by atoms with Crippen LogP contribution in [0.25, 0.3) is 0 Å². The van der Waals surface area contributed by atoms with Crippen LogP contribution in [0.5, 0.6) is 5.75 Å². The normalized spacial score (nSPS) is 10.4. The fourth-order valence-corrected chi connectivity index (χ4v) is 1.98. The Morgan fingerprint density at radius 2 is 1.82 bits per heavy atom. The summed E-state index contributed by atoms with van der Waals surface area (Å²) in [5.41, 5.74) is 1.49. The fourth-order valence-electron chi connectivity index (χ4n) is 1.98. The Bertz CT molecular complexity index is 647. The van der Waals surface area contributed by atoms with Gasteiger partial charge in [0.2, 0.25) is 0 Å². The number of hydrogen-bond donors (Lipinski definition) is 1. The van der Waals surface area contributed by atoms with Crippen molar-refractivity contribution in [3.05, 3.63) is 59.7 Å². The minimum absolute atomic E-state index is 0.0977. The van der Waals surface area contributed by atoms with E-state index in [1.54, 1.807) is 42.5 Å². The maximum atomic E-state index is 12.4. The van der Waals surface area contributed by atoms with E-state index in [9.17, 15) is 13.6 Å². The summed E-state index contributed by atoms with van der Waals surface area (Å²) in [7, 11) is 1.30. The van der Waals surface area contributed by atoms with E-state index in [1.165, 1.54) is 13.2 Å². The number of rotatable bonds is 6. The lowest BCUT2D eigenvalue weighted by Gasteiger charge is -2.13. The van der Waals surface area contributed by atoms with Gasteiger partial charge in [0, 0.05) is 17.8 Å². The Labute approximate surface area is 126 Å². The molecule has 0 spiro atoms. The number of halogens is 2. The molecule has 2 aromatic rings. The number of hydrogen-bond acceptors (Lipinski definition) is 4. The molecule has 116 valence electrons. The van der Waals surface area contributed by atoms with Crippen LogP contribution in [0, 0.1) is 0 Å². The van der Waals surface area contributed by atoms with E-state index in [4.69, 9.17) is 4.74 Å². The van der Waals surface area contributed by atoms with Gasteiger partial charge in [0.15, 0.2) is 0 Å². The Kier molecular flexibility index (Phi) is 5.30. The van der Waals surface area contributed by atoms with Crippen molar-refractivity contribution in [3.8, 4) is 5.75 Å². The van der Waals surface area contributed by atoms with Crippen molar-refractivity contribution in [3.63, 3.8) is 0 Å². The second kappa shape index (κ2) is 7.40. The van der Waals surface area contributed by atoms with E-state index in [2.05, 4.69) is 10.1 Å². The van der Waals surface area contributed by atoms with Crippen LogP contribution in [0.2, 0.25) is 0 Å². The molecule has 0 saturated heterocycles. The highest BCUT2D eigenvalue weighted by molar-refractivity contribution is 5.95. The van der Waals surface area contributed by atoms with Gasteiger partial charge in [-0.25, -0.2) is 4.79 Å². The van der Waals surface area contributed by atoms with Gasteiger partial charge in [-0.05, 0) is 18.2 Å². The van der Waals surface area contributed by atoms with Gasteiger partial charge in [-0.15, -0.1) is 0 Å². The standard InChI is InChI=1S/C16H15F2NO3/c1-21-15(20)12-7-3-4-8-13(12)19-10-11-6-2-5-9-14(11)22-16(17)18/h2-9,16,19H,10H2,1H3. The van der Waals surface area contributed by atoms with Crippen LogP contribution in [-0.4, -0.2) is 19.7 Å². The van der Waals surface area contributed by atoms with E-state index in [0.717, 1.165) is 0 Å². The van der Waals surface area contributed by atoms with Crippen molar-refractivity contribution in [2.45, 2.75) is 13.2 Å². The van der Waals surface area contributed by atoms with Crippen LogP contribution >= 0.6 is 0 Å². The highest BCUT2D eigenvalue weighted by atomic mass is 19.3. The second-order valence-electron chi connectivity index (χ2n) is 4.38. The van der Waals surface area contributed by atoms with Gasteiger partial charge in [-0.3, -0.25) is 0 Å². The summed E-state index contributed by atoms with van der Waals surface area (Å²) in [6.07, 6.45) is 0. The molecule has 0 radical (unpaired) electrons. The molecule has 0 saturated carbocycles. The molecular formula is C16H15F2NO3. The lowest BCUT2D eigenvalue weighted by atomic mass is 10.1. The highest BCUT2D eigenvalue weighted by Gasteiger charge is 2.12. The Morgan fingerprint density at radius 1 is 1.14 bits per heavy atom. The molecule has 2 aromatic carbocycles. The number of benzene rings is 2. The lowest BCUT2D eigenvalue weighted by Crippen LogP contribution is -2.10. The van der Waals surface area contributed by atoms with E-state index >= 15 is 0 Å². The highest BCUT2D eigenvalue weighted by Crippen LogP contribution is 2.23. The van der Waals surface area contributed by atoms with Crippen molar-refractivity contribution < 1.29 is 23.0 Å². The first-order valence-corrected chi connectivity index (χ1v) is 6.55. The van der Waals surface area contributed by atoms with E-state index in [1.807, 2.05) is 0 Å². The van der Waals surface area contributed by atoms with Crippen LogP contribution in [-0.2, 0) is 11.3 Å². The van der Waals surface area contributed by atoms with E-state index in [0.29, 0.717) is 16.8 Å². The average molecular weight is 307 g/mol. The van der Waals surface area contributed by atoms with E-state index < -0.39 is 12.6 Å². The summed E-state index contributed by atoms with van der Waals surface area (Å²) < 4.78 is 33.9. The average Bonchev–Trinajstić information content (AvgIpc) is 2.53. The molecule has 0 aromatic heterocycles. The molecule has 0 atom stereocenters. The molecule has 0 aliphatic rings. The number of alkyl halides is 2. The molecule has 22 heavy (non-hydrogen) atoms. The molecule has 0 bridgehead atoms. The molecule has 6 heteroatoms. The molecule has 4 nitrogen and oxygen atoms in total. The predicted molar refractivity (Wildman–Crippen MR) is 78.2 cm³/mol. The molecule has 0 unspecified atom stereocenters. The summed E-state index contributed by atoms with van der Waals surface area (Å²) in [4.78, 5) is 11.7. The number of para-hydroxylation sites is 2. The van der Waals surface area contributed by atoms with Gasteiger partial charge < -0.3 is 14.8 Å². The molecule has 1 N–H and O–H groups in total. The number of carbonyl (C=O) groups excluding carboxylic acids is 1. The fraction of sp³-hybridized carbons (Fsp3) is 0.188. The first-order chi connectivity index (χ1) is 10.6. The molecule has 2 rings (SSSR count). The summed E-state index contributed by atoms with van der Waals surface area (Å²) in [5, 5.41) is 3.03. The Hall–Kier alpha value is -2.63. The molecule has 0 aliphatic carbocycles. The topological polar surface area (TPSA) is 47.6 Å². The van der Waals surface area contributed by atoms with E-state index in [-0.39, 0.29) is 12.3 Å². The van der Waals surface area contributed by atoms with Gasteiger partial charge >= 0.3 is 12.6 Å². The van der Waals surface area contributed by atoms with Gasteiger partial charge in [-0.1, -0.05) is 30.3 Å². The van der Waals surface area contributed by atoms with Crippen LogP contribution in [0.15, 0.2) is 48.5 Å². The van der Waals surface area contributed by atoms with Crippen molar-refractivity contribution in [2.75, 3.05) is 12.4 Å².